The van der Waals surface area contributed by atoms with Gasteiger partial charge in [-0.1, -0.05) is 55.5 Å². The van der Waals surface area contributed by atoms with Crippen molar-refractivity contribution in [2.24, 2.45) is 0 Å². The maximum atomic E-state index is 13.4. The highest BCUT2D eigenvalue weighted by molar-refractivity contribution is 6.25. The smallest absolute Gasteiger partial charge is 0.263 e. The van der Waals surface area contributed by atoms with Gasteiger partial charge < -0.3 is 0 Å². The molecule has 0 radical (unpaired) electrons. The van der Waals surface area contributed by atoms with Gasteiger partial charge in [-0.3, -0.25) is 14.7 Å². The summed E-state index contributed by atoms with van der Waals surface area (Å²) in [5, 5.41) is 3.25. The van der Waals surface area contributed by atoms with Crippen LogP contribution < -0.4 is 4.90 Å². The van der Waals surface area contributed by atoms with E-state index in [9.17, 15) is 4.79 Å². The lowest BCUT2D eigenvalue weighted by molar-refractivity contribution is 0.101. The van der Waals surface area contributed by atoms with E-state index in [0.717, 1.165) is 50.6 Å². The average Bonchev–Trinajstić information content (AvgIpc) is 2.97. The van der Waals surface area contributed by atoms with Gasteiger partial charge in [0.15, 0.2) is 0 Å². The summed E-state index contributed by atoms with van der Waals surface area (Å²) in [6.07, 6.45) is 4.75. The van der Waals surface area contributed by atoms with Crippen molar-refractivity contribution in [1.29, 1.82) is 0 Å². The fourth-order valence-electron chi connectivity index (χ4n) is 3.88. The molecule has 0 unspecified atom stereocenters. The summed E-state index contributed by atoms with van der Waals surface area (Å²) >= 11 is 0. The molecule has 130 valence electrons. The Morgan fingerprint density at radius 3 is 2.37 bits per heavy atom. The molecule has 27 heavy (non-hydrogen) atoms. The summed E-state index contributed by atoms with van der Waals surface area (Å²) in [6, 6.07) is 22.2. The number of rotatable bonds is 2. The minimum atomic E-state index is 0.00797. The molecule has 0 fully saturated rings. The van der Waals surface area contributed by atoms with E-state index >= 15 is 0 Å². The first-order chi connectivity index (χ1) is 13.3. The largest absolute Gasteiger partial charge is 0.274 e. The van der Waals surface area contributed by atoms with Crippen LogP contribution in [0.5, 0.6) is 0 Å². The number of amides is 1. The second-order valence-corrected chi connectivity index (χ2v) is 6.74. The van der Waals surface area contributed by atoms with Crippen LogP contribution in [0.3, 0.4) is 0 Å². The molecule has 5 rings (SSSR count). The number of carbonyl (C=O) groups excluding carboxylic acids is 1. The highest BCUT2D eigenvalue weighted by Crippen LogP contribution is 2.41. The number of aromatic nitrogens is 1. The van der Waals surface area contributed by atoms with Crippen LogP contribution in [0.2, 0.25) is 0 Å². The summed E-state index contributed by atoms with van der Waals surface area (Å²) in [6.45, 7) is 2.09. The fourth-order valence-corrected chi connectivity index (χ4v) is 3.88. The molecule has 3 aromatic carbocycles. The van der Waals surface area contributed by atoms with Crippen LogP contribution in [-0.4, -0.2) is 10.9 Å². The molecule has 0 saturated heterocycles. The normalized spacial score (nSPS) is 15.1. The van der Waals surface area contributed by atoms with E-state index in [4.69, 9.17) is 0 Å². The van der Waals surface area contributed by atoms with Crippen molar-refractivity contribution in [3.05, 3.63) is 90.1 Å². The molecule has 4 aromatic rings. The third kappa shape index (κ3) is 2.36. The molecule has 1 aromatic heterocycles. The zero-order chi connectivity index (χ0) is 18.4. The number of carbonyl (C=O) groups is 1. The molecule has 2 heterocycles. The fraction of sp³-hybridized carbons (Fsp3) is 0.0833. The van der Waals surface area contributed by atoms with E-state index in [2.05, 4.69) is 30.1 Å². The lowest BCUT2D eigenvalue weighted by Gasteiger charge is -2.20. The van der Waals surface area contributed by atoms with Crippen molar-refractivity contribution in [2.45, 2.75) is 13.3 Å². The number of allylic oxidation sites excluding steroid dienone is 1. The monoisotopic (exact) mass is 350 g/mol. The molecule has 0 saturated carbocycles. The summed E-state index contributed by atoms with van der Waals surface area (Å²) in [7, 11) is 0. The van der Waals surface area contributed by atoms with Gasteiger partial charge in [0.2, 0.25) is 0 Å². The van der Waals surface area contributed by atoms with Gasteiger partial charge in [0.05, 0.1) is 22.5 Å². The predicted molar refractivity (Wildman–Crippen MR) is 111 cm³/mol. The number of hydrogen-bond donors (Lipinski definition) is 0. The first-order valence-electron chi connectivity index (χ1n) is 9.19. The van der Waals surface area contributed by atoms with Crippen molar-refractivity contribution >= 4 is 39.0 Å². The van der Waals surface area contributed by atoms with Gasteiger partial charge in [0, 0.05) is 17.1 Å². The van der Waals surface area contributed by atoms with Gasteiger partial charge in [-0.15, -0.1) is 0 Å². The van der Waals surface area contributed by atoms with Gasteiger partial charge in [-0.25, -0.2) is 0 Å². The zero-order valence-electron chi connectivity index (χ0n) is 15.0. The van der Waals surface area contributed by atoms with Crippen LogP contribution in [0.1, 0.15) is 29.3 Å². The SMILES string of the molecule is CC/C=C1/c2cc3ccccc3cc2C(=O)N1c1cccc2cccnc12. The van der Waals surface area contributed by atoms with Gasteiger partial charge in [-0.2, -0.15) is 0 Å². The lowest BCUT2D eigenvalue weighted by atomic mass is 10.0. The van der Waals surface area contributed by atoms with Crippen molar-refractivity contribution < 1.29 is 4.79 Å². The summed E-state index contributed by atoms with van der Waals surface area (Å²) < 4.78 is 0. The molecule has 3 heteroatoms. The Hall–Kier alpha value is -3.46. The van der Waals surface area contributed by atoms with Gasteiger partial charge in [-0.05, 0) is 41.5 Å². The highest BCUT2D eigenvalue weighted by Gasteiger charge is 2.34. The van der Waals surface area contributed by atoms with E-state index in [-0.39, 0.29) is 5.91 Å². The molecule has 1 amide bonds. The van der Waals surface area contributed by atoms with E-state index in [1.165, 1.54) is 0 Å². The molecule has 1 aliphatic heterocycles. The Kier molecular flexibility index (Phi) is 3.54. The lowest BCUT2D eigenvalue weighted by Crippen LogP contribution is -2.22. The third-order valence-electron chi connectivity index (χ3n) is 5.09. The molecule has 3 nitrogen and oxygen atoms in total. The van der Waals surface area contributed by atoms with E-state index in [0.29, 0.717) is 0 Å². The van der Waals surface area contributed by atoms with Crippen LogP contribution in [0.4, 0.5) is 5.69 Å². The molecular formula is C24H18N2O. The molecule has 0 bridgehead atoms. The maximum absolute atomic E-state index is 13.4. The number of nitrogens with zero attached hydrogens (tertiary/aromatic N) is 2. The van der Waals surface area contributed by atoms with Gasteiger partial charge >= 0.3 is 0 Å². The maximum Gasteiger partial charge on any atom is 0.263 e. The van der Waals surface area contributed by atoms with Gasteiger partial charge in [0.25, 0.3) is 5.91 Å². The Bertz CT molecular complexity index is 1230. The second-order valence-electron chi connectivity index (χ2n) is 6.74. The highest BCUT2D eigenvalue weighted by atomic mass is 16.2. The molecule has 0 atom stereocenters. The average molecular weight is 350 g/mol. The van der Waals surface area contributed by atoms with Crippen molar-refractivity contribution in [3.8, 4) is 0 Å². The minimum absolute atomic E-state index is 0.00797. The van der Waals surface area contributed by atoms with Crippen LogP contribution in [0, 0.1) is 0 Å². The first kappa shape index (κ1) is 15.8. The number of anilines is 1. The van der Waals surface area contributed by atoms with E-state index in [1.54, 1.807) is 6.20 Å². The van der Waals surface area contributed by atoms with Crippen molar-refractivity contribution in [2.75, 3.05) is 4.90 Å². The quantitative estimate of drug-likeness (QED) is 0.458. The van der Waals surface area contributed by atoms with Crippen LogP contribution in [0.15, 0.2) is 79.0 Å². The Balaban J connectivity index is 1.78. The van der Waals surface area contributed by atoms with E-state index < -0.39 is 0 Å². The standard InChI is InChI=1S/C24H18N2O/c1-2-7-21-19-14-17-8-3-4-9-18(17)15-20(19)24(27)26(21)22-12-5-10-16-11-6-13-25-23(16)22/h3-15H,2H2,1H3/b21-7-. The Morgan fingerprint density at radius 2 is 1.59 bits per heavy atom. The molecule has 0 spiro atoms. The number of fused-ring (bicyclic) bond motifs is 3. The summed E-state index contributed by atoms with van der Waals surface area (Å²) in [5.74, 6) is 0.00797. The van der Waals surface area contributed by atoms with Crippen molar-refractivity contribution in [3.63, 3.8) is 0 Å². The molecular weight excluding hydrogens is 332 g/mol. The number of pyridine rings is 1. The topological polar surface area (TPSA) is 33.2 Å². The van der Waals surface area contributed by atoms with Gasteiger partial charge in [0.1, 0.15) is 0 Å². The minimum Gasteiger partial charge on any atom is -0.274 e. The molecule has 1 aliphatic rings. The Labute approximate surface area is 157 Å². The summed E-state index contributed by atoms with van der Waals surface area (Å²) in [4.78, 5) is 19.8. The Morgan fingerprint density at radius 1 is 0.889 bits per heavy atom. The zero-order valence-corrected chi connectivity index (χ0v) is 15.0. The molecule has 0 aliphatic carbocycles. The second kappa shape index (κ2) is 6.06. The first-order valence-corrected chi connectivity index (χ1v) is 9.19. The number of hydrogen-bond acceptors (Lipinski definition) is 2. The molecule has 0 N–H and O–H groups in total. The number of para-hydroxylation sites is 1. The predicted octanol–water partition coefficient (Wildman–Crippen LogP) is 5.80. The number of benzene rings is 3. The summed E-state index contributed by atoms with van der Waals surface area (Å²) in [5.41, 5.74) is 4.36. The van der Waals surface area contributed by atoms with Crippen LogP contribution >= 0.6 is 0 Å². The van der Waals surface area contributed by atoms with E-state index in [1.807, 2.05) is 59.5 Å². The van der Waals surface area contributed by atoms with Crippen LogP contribution in [0.25, 0.3) is 27.4 Å². The third-order valence-corrected chi connectivity index (χ3v) is 5.09. The van der Waals surface area contributed by atoms with Crippen molar-refractivity contribution in [1.82, 2.24) is 4.98 Å². The van der Waals surface area contributed by atoms with Crippen LogP contribution in [-0.2, 0) is 0 Å².